The lowest BCUT2D eigenvalue weighted by Gasteiger charge is -2.18. The van der Waals surface area contributed by atoms with E-state index in [0.717, 1.165) is 4.31 Å². The molecule has 0 amide bonds. The minimum absolute atomic E-state index is 0.00851. The first kappa shape index (κ1) is 15.9. The third-order valence-electron chi connectivity index (χ3n) is 2.28. The van der Waals surface area contributed by atoms with Gasteiger partial charge in [-0.15, -0.1) is 0 Å². The summed E-state index contributed by atoms with van der Waals surface area (Å²) < 4.78 is 32.4. The molecule has 0 fully saturated rings. The molecule has 1 heterocycles. The number of nitrogens with one attached hydrogen (secondary N) is 1. The molecule has 1 aromatic heterocycles. The molecule has 0 spiro atoms. The number of methoxy groups -OCH3 is 1. The largest absolute Gasteiger partial charge is 0.469 e. The van der Waals surface area contributed by atoms with Crippen molar-refractivity contribution in [3.63, 3.8) is 0 Å². The number of hydrogen-bond acceptors (Lipinski definition) is 5. The average Bonchev–Trinajstić information content (AvgIpc) is 2.37. The van der Waals surface area contributed by atoms with Crippen molar-refractivity contribution in [2.75, 3.05) is 25.4 Å². The summed E-state index contributed by atoms with van der Waals surface area (Å²) in [6.07, 6.45) is 2.94. The van der Waals surface area contributed by atoms with E-state index >= 15 is 0 Å². The van der Waals surface area contributed by atoms with E-state index < -0.39 is 16.2 Å². The SMILES string of the molecule is COC(=O)CCN(C)S(=O)(=O)Nc1ccncc1Br. The van der Waals surface area contributed by atoms with Gasteiger partial charge >= 0.3 is 16.2 Å². The maximum Gasteiger partial charge on any atom is 0.306 e. The molecule has 1 aromatic rings. The summed E-state index contributed by atoms with van der Waals surface area (Å²) >= 11 is 3.19. The van der Waals surface area contributed by atoms with Gasteiger partial charge in [-0.3, -0.25) is 14.5 Å². The number of nitrogens with zero attached hydrogens (tertiary/aromatic N) is 2. The molecule has 1 N–H and O–H groups in total. The van der Waals surface area contributed by atoms with Gasteiger partial charge in [0.05, 0.1) is 23.7 Å². The molecule has 0 saturated carbocycles. The molecule has 0 radical (unpaired) electrons. The van der Waals surface area contributed by atoms with Gasteiger partial charge in [-0.05, 0) is 22.0 Å². The number of carbonyl (C=O) groups is 1. The van der Waals surface area contributed by atoms with Crippen LogP contribution in [0.1, 0.15) is 6.42 Å². The first-order chi connectivity index (χ1) is 8.86. The maximum absolute atomic E-state index is 12.0. The van der Waals surface area contributed by atoms with Crippen LogP contribution in [-0.4, -0.2) is 44.4 Å². The summed E-state index contributed by atoms with van der Waals surface area (Å²) in [5, 5.41) is 0. The lowest BCUT2D eigenvalue weighted by molar-refractivity contribution is -0.140. The molecule has 7 nitrogen and oxygen atoms in total. The Hall–Kier alpha value is -1.19. The number of pyridine rings is 1. The lowest BCUT2D eigenvalue weighted by Crippen LogP contribution is -2.34. The molecule has 0 aliphatic heterocycles. The minimum Gasteiger partial charge on any atom is -0.469 e. The highest BCUT2D eigenvalue weighted by atomic mass is 79.9. The summed E-state index contributed by atoms with van der Waals surface area (Å²) in [7, 11) is -1.09. The molecule has 9 heteroatoms. The highest BCUT2D eigenvalue weighted by molar-refractivity contribution is 9.10. The monoisotopic (exact) mass is 351 g/mol. The smallest absolute Gasteiger partial charge is 0.306 e. The Bertz CT molecular complexity index is 549. The van der Waals surface area contributed by atoms with E-state index in [1.165, 1.54) is 32.6 Å². The van der Waals surface area contributed by atoms with Gasteiger partial charge < -0.3 is 4.74 Å². The number of anilines is 1. The molecule has 0 atom stereocenters. The van der Waals surface area contributed by atoms with Crippen molar-refractivity contribution in [3.05, 3.63) is 22.9 Å². The van der Waals surface area contributed by atoms with Crippen LogP contribution >= 0.6 is 15.9 Å². The highest BCUT2D eigenvalue weighted by Gasteiger charge is 2.19. The van der Waals surface area contributed by atoms with Gasteiger partial charge in [-0.25, -0.2) is 0 Å². The summed E-state index contributed by atoms with van der Waals surface area (Å²) in [6.45, 7) is 0.0324. The van der Waals surface area contributed by atoms with Crippen LogP contribution in [0.25, 0.3) is 0 Å². The first-order valence-electron chi connectivity index (χ1n) is 5.27. The van der Waals surface area contributed by atoms with Crippen LogP contribution in [0, 0.1) is 0 Å². The third-order valence-corrected chi connectivity index (χ3v) is 4.39. The molecule has 0 aliphatic carbocycles. The molecule has 106 valence electrons. The second-order valence-corrected chi connectivity index (χ2v) is 6.24. The minimum atomic E-state index is -3.72. The highest BCUT2D eigenvalue weighted by Crippen LogP contribution is 2.21. The Morgan fingerprint density at radius 1 is 1.58 bits per heavy atom. The van der Waals surface area contributed by atoms with Gasteiger partial charge in [-0.2, -0.15) is 12.7 Å². The number of esters is 1. The Labute approximate surface area is 120 Å². The molecule has 0 unspecified atom stereocenters. The number of rotatable bonds is 6. The number of hydrogen-bond donors (Lipinski definition) is 1. The summed E-state index contributed by atoms with van der Waals surface area (Å²) in [5.41, 5.74) is 0.375. The zero-order valence-corrected chi connectivity index (χ0v) is 12.9. The summed E-state index contributed by atoms with van der Waals surface area (Å²) in [6, 6.07) is 1.52. The molecule has 0 aliphatic rings. The molecular weight excluding hydrogens is 338 g/mol. The Kier molecular flexibility index (Phi) is 5.70. The number of halogens is 1. The van der Waals surface area contributed by atoms with Crippen molar-refractivity contribution in [2.45, 2.75) is 6.42 Å². The molecule has 0 saturated heterocycles. The van der Waals surface area contributed by atoms with Crippen LogP contribution in [0.4, 0.5) is 5.69 Å². The van der Waals surface area contributed by atoms with E-state index in [-0.39, 0.29) is 13.0 Å². The Morgan fingerprint density at radius 2 is 2.26 bits per heavy atom. The number of ether oxygens (including phenoxy) is 1. The molecule has 0 bridgehead atoms. The topological polar surface area (TPSA) is 88.6 Å². The summed E-state index contributed by atoms with van der Waals surface area (Å²) in [4.78, 5) is 14.8. The second-order valence-electron chi connectivity index (χ2n) is 3.61. The van der Waals surface area contributed by atoms with Gasteiger partial charge in [0.2, 0.25) is 0 Å². The molecule has 19 heavy (non-hydrogen) atoms. The van der Waals surface area contributed by atoms with Crippen LogP contribution < -0.4 is 4.72 Å². The van der Waals surface area contributed by atoms with Gasteiger partial charge in [0.1, 0.15) is 0 Å². The van der Waals surface area contributed by atoms with Crippen LogP contribution in [-0.2, 0) is 19.7 Å². The van der Waals surface area contributed by atoms with Crippen molar-refractivity contribution in [2.24, 2.45) is 0 Å². The zero-order valence-electron chi connectivity index (χ0n) is 10.5. The number of carbonyl (C=O) groups excluding carboxylic acids is 1. The predicted octanol–water partition coefficient (Wildman–Crippen LogP) is 0.996. The van der Waals surface area contributed by atoms with E-state index in [4.69, 9.17) is 0 Å². The van der Waals surface area contributed by atoms with Gasteiger partial charge in [0.25, 0.3) is 0 Å². The van der Waals surface area contributed by atoms with E-state index in [1.54, 1.807) is 0 Å². The average molecular weight is 352 g/mol. The van der Waals surface area contributed by atoms with Crippen LogP contribution in [0.15, 0.2) is 22.9 Å². The molecular formula is C10H14BrN3O4S. The third kappa shape index (κ3) is 4.77. The summed E-state index contributed by atoms with van der Waals surface area (Å²) in [5.74, 6) is -0.466. The van der Waals surface area contributed by atoms with Crippen molar-refractivity contribution < 1.29 is 17.9 Å². The fourth-order valence-corrected chi connectivity index (χ4v) is 2.57. The van der Waals surface area contributed by atoms with Crippen LogP contribution in [0.2, 0.25) is 0 Å². The normalized spacial score (nSPS) is 11.4. The number of aromatic nitrogens is 1. The van der Waals surface area contributed by atoms with Crippen molar-refractivity contribution in [1.29, 1.82) is 0 Å². The first-order valence-corrected chi connectivity index (χ1v) is 7.50. The van der Waals surface area contributed by atoms with E-state index in [2.05, 4.69) is 30.4 Å². The molecule has 1 rings (SSSR count). The zero-order chi connectivity index (χ0) is 14.5. The van der Waals surface area contributed by atoms with Crippen LogP contribution in [0.5, 0.6) is 0 Å². The Morgan fingerprint density at radius 3 is 2.84 bits per heavy atom. The standard InChI is InChI=1S/C10H14BrN3O4S/c1-14(6-4-10(15)18-2)19(16,17)13-9-3-5-12-7-8(9)11/h3,5,7H,4,6H2,1-2H3,(H,12,13). The molecule has 0 aromatic carbocycles. The fourth-order valence-electron chi connectivity index (χ4n) is 1.15. The quantitative estimate of drug-likeness (QED) is 0.772. The Balaban J connectivity index is 2.70. The lowest BCUT2D eigenvalue weighted by atomic mass is 10.4. The van der Waals surface area contributed by atoms with E-state index in [9.17, 15) is 13.2 Å². The fraction of sp³-hybridized carbons (Fsp3) is 0.400. The van der Waals surface area contributed by atoms with Crippen molar-refractivity contribution in [1.82, 2.24) is 9.29 Å². The second kappa shape index (κ2) is 6.83. The van der Waals surface area contributed by atoms with Crippen LogP contribution in [0.3, 0.4) is 0 Å². The predicted molar refractivity (Wildman–Crippen MR) is 73.7 cm³/mol. The van der Waals surface area contributed by atoms with Gasteiger partial charge in [0.15, 0.2) is 0 Å². The van der Waals surface area contributed by atoms with Crippen molar-refractivity contribution >= 4 is 37.8 Å². The maximum atomic E-state index is 12.0. The van der Waals surface area contributed by atoms with E-state index in [1.807, 2.05) is 0 Å². The van der Waals surface area contributed by atoms with Gasteiger partial charge in [-0.1, -0.05) is 0 Å². The van der Waals surface area contributed by atoms with Gasteiger partial charge in [0, 0.05) is 26.0 Å². The van der Waals surface area contributed by atoms with Crippen molar-refractivity contribution in [3.8, 4) is 0 Å². The van der Waals surface area contributed by atoms with E-state index in [0.29, 0.717) is 10.2 Å².